The van der Waals surface area contributed by atoms with E-state index in [2.05, 4.69) is 23.7 Å². The molecule has 1 aliphatic heterocycles. The van der Waals surface area contributed by atoms with E-state index in [-0.39, 0.29) is 0 Å². The lowest BCUT2D eigenvalue weighted by atomic mass is 10.1. The maximum Gasteiger partial charge on any atom is 0.131 e. The fourth-order valence-corrected chi connectivity index (χ4v) is 3.86. The molecule has 0 fully saturated rings. The van der Waals surface area contributed by atoms with Gasteiger partial charge in [-0.15, -0.1) is 0 Å². The zero-order chi connectivity index (χ0) is 16.2. The number of fused-ring (bicyclic) bond motifs is 1. The highest BCUT2D eigenvalue weighted by atomic mass is 32.2. The lowest BCUT2D eigenvalue weighted by Crippen LogP contribution is -2.34. The zero-order valence-corrected chi connectivity index (χ0v) is 14.6. The topological polar surface area (TPSA) is 46.1 Å². The van der Waals surface area contributed by atoms with Crippen LogP contribution in [-0.2, 0) is 23.8 Å². The summed E-state index contributed by atoms with van der Waals surface area (Å²) in [6.07, 6.45) is 2.96. The van der Waals surface area contributed by atoms with Gasteiger partial charge in [0, 0.05) is 42.4 Å². The van der Waals surface area contributed by atoms with Crippen molar-refractivity contribution in [2.75, 3.05) is 18.8 Å². The molecule has 23 heavy (non-hydrogen) atoms. The first-order chi connectivity index (χ1) is 11.1. The number of aromatic nitrogens is 2. The van der Waals surface area contributed by atoms with Crippen molar-refractivity contribution in [2.45, 2.75) is 37.6 Å². The predicted octanol–water partition coefficient (Wildman–Crippen LogP) is 2.77. The predicted molar refractivity (Wildman–Crippen MR) is 92.8 cm³/mol. The van der Waals surface area contributed by atoms with Crippen LogP contribution in [0.1, 0.15) is 36.8 Å². The number of benzene rings is 1. The molecule has 3 rings (SSSR count). The van der Waals surface area contributed by atoms with Crippen LogP contribution in [0, 0.1) is 0 Å². The Morgan fingerprint density at radius 1 is 1.26 bits per heavy atom. The van der Waals surface area contributed by atoms with Crippen molar-refractivity contribution in [1.82, 2.24) is 14.9 Å². The first-order valence-electron chi connectivity index (χ1n) is 8.14. The Bertz CT molecular complexity index is 688. The fraction of sp³-hybridized carbons (Fsp3) is 0.444. The maximum absolute atomic E-state index is 12.3. The van der Waals surface area contributed by atoms with E-state index in [0.29, 0.717) is 11.7 Å². The Labute approximate surface area is 140 Å². The number of hydrogen-bond donors (Lipinski definition) is 0. The number of nitrogens with zero attached hydrogens (tertiary/aromatic N) is 3. The highest BCUT2D eigenvalue weighted by Gasteiger charge is 2.19. The Morgan fingerprint density at radius 3 is 2.78 bits per heavy atom. The normalized spacial score (nSPS) is 16.3. The second-order valence-electron chi connectivity index (χ2n) is 6.24. The third-order valence-electron chi connectivity index (χ3n) is 4.16. The third-order valence-corrected chi connectivity index (χ3v) is 5.51. The minimum absolute atomic E-state index is 0.348. The number of rotatable bonds is 5. The SMILES string of the molecule is CC(C)c1ncc2c(n1)CN(CCS(=O)c1ccccc1)CC2. The lowest BCUT2D eigenvalue weighted by Gasteiger charge is -2.28. The van der Waals surface area contributed by atoms with Gasteiger partial charge >= 0.3 is 0 Å². The minimum atomic E-state index is -0.929. The molecular formula is C18H23N3OS. The number of hydrogen-bond acceptors (Lipinski definition) is 4. The molecule has 4 nitrogen and oxygen atoms in total. The van der Waals surface area contributed by atoms with Crippen molar-refractivity contribution in [1.29, 1.82) is 0 Å². The van der Waals surface area contributed by atoms with Gasteiger partial charge in [-0.1, -0.05) is 32.0 Å². The average Bonchev–Trinajstić information content (AvgIpc) is 2.59. The summed E-state index contributed by atoms with van der Waals surface area (Å²) in [6, 6.07) is 9.70. The van der Waals surface area contributed by atoms with Crippen LogP contribution >= 0.6 is 0 Å². The quantitative estimate of drug-likeness (QED) is 0.846. The Morgan fingerprint density at radius 2 is 2.04 bits per heavy atom. The van der Waals surface area contributed by atoms with Crippen LogP contribution in [-0.4, -0.2) is 37.9 Å². The molecule has 122 valence electrons. The minimum Gasteiger partial charge on any atom is -0.296 e. The summed E-state index contributed by atoms with van der Waals surface area (Å²) in [5, 5.41) is 0. The van der Waals surface area contributed by atoms with Gasteiger partial charge in [0.15, 0.2) is 0 Å². The van der Waals surface area contributed by atoms with Crippen molar-refractivity contribution < 1.29 is 4.21 Å². The molecule has 1 aromatic heterocycles. The van der Waals surface area contributed by atoms with Crippen molar-refractivity contribution >= 4 is 10.8 Å². The third kappa shape index (κ3) is 4.03. The summed E-state index contributed by atoms with van der Waals surface area (Å²) in [4.78, 5) is 12.4. The van der Waals surface area contributed by atoms with Gasteiger partial charge in [-0.05, 0) is 24.1 Å². The van der Waals surface area contributed by atoms with Gasteiger partial charge in [-0.2, -0.15) is 0 Å². The molecule has 0 radical (unpaired) electrons. The van der Waals surface area contributed by atoms with Crippen molar-refractivity contribution in [3.63, 3.8) is 0 Å². The van der Waals surface area contributed by atoms with Crippen LogP contribution in [0.25, 0.3) is 0 Å². The standard InChI is InChI=1S/C18H23N3OS/c1-14(2)18-19-12-15-8-9-21(13-17(15)20-18)10-11-23(22)16-6-4-3-5-7-16/h3-7,12,14H,8-11,13H2,1-2H3. The zero-order valence-electron chi connectivity index (χ0n) is 13.7. The van der Waals surface area contributed by atoms with E-state index in [1.165, 1.54) is 5.56 Å². The van der Waals surface area contributed by atoms with Gasteiger partial charge in [0.2, 0.25) is 0 Å². The first kappa shape index (κ1) is 16.3. The summed E-state index contributed by atoms with van der Waals surface area (Å²) < 4.78 is 12.3. The van der Waals surface area contributed by atoms with Crippen molar-refractivity contribution in [3.05, 3.63) is 53.6 Å². The van der Waals surface area contributed by atoms with Crippen molar-refractivity contribution in [3.8, 4) is 0 Å². The molecule has 1 unspecified atom stereocenters. The lowest BCUT2D eigenvalue weighted by molar-refractivity contribution is 0.264. The molecule has 1 aromatic carbocycles. The smallest absolute Gasteiger partial charge is 0.131 e. The average molecular weight is 329 g/mol. The van der Waals surface area contributed by atoms with E-state index in [4.69, 9.17) is 4.98 Å². The van der Waals surface area contributed by atoms with Crippen LogP contribution in [0.4, 0.5) is 0 Å². The Kier molecular flexibility index (Phi) is 5.18. The van der Waals surface area contributed by atoms with Gasteiger partial charge in [0.1, 0.15) is 5.82 Å². The summed E-state index contributed by atoms with van der Waals surface area (Å²) in [5.41, 5.74) is 2.40. The van der Waals surface area contributed by atoms with Gasteiger partial charge in [-0.25, -0.2) is 9.97 Å². The molecule has 0 bridgehead atoms. The van der Waals surface area contributed by atoms with E-state index in [1.54, 1.807) is 0 Å². The summed E-state index contributed by atoms with van der Waals surface area (Å²) in [7, 11) is -0.929. The molecule has 5 heteroatoms. The molecule has 1 aliphatic rings. The Hall–Kier alpha value is -1.59. The molecule has 2 aromatic rings. The molecule has 1 atom stereocenters. The first-order valence-corrected chi connectivity index (χ1v) is 9.46. The fourth-order valence-electron chi connectivity index (χ4n) is 2.74. The molecule has 0 saturated heterocycles. The summed E-state index contributed by atoms with van der Waals surface area (Å²) >= 11 is 0. The van der Waals surface area contributed by atoms with Gasteiger partial charge in [0.05, 0.1) is 16.5 Å². The second kappa shape index (κ2) is 7.32. The van der Waals surface area contributed by atoms with E-state index >= 15 is 0 Å². The molecule has 0 spiro atoms. The summed E-state index contributed by atoms with van der Waals surface area (Å²) in [5.74, 6) is 1.93. The highest BCUT2D eigenvalue weighted by molar-refractivity contribution is 7.85. The molecule has 0 amide bonds. The molecule has 2 heterocycles. The van der Waals surface area contributed by atoms with E-state index < -0.39 is 10.8 Å². The molecule has 0 aliphatic carbocycles. The van der Waals surface area contributed by atoms with Gasteiger partial charge in [0.25, 0.3) is 0 Å². The molecule has 0 N–H and O–H groups in total. The van der Waals surface area contributed by atoms with Crippen LogP contribution in [0.2, 0.25) is 0 Å². The molecule has 0 saturated carbocycles. The van der Waals surface area contributed by atoms with E-state index in [0.717, 1.165) is 42.5 Å². The van der Waals surface area contributed by atoms with Crippen LogP contribution in [0.5, 0.6) is 0 Å². The van der Waals surface area contributed by atoms with E-state index in [1.807, 2.05) is 36.5 Å². The van der Waals surface area contributed by atoms with Gasteiger partial charge in [-0.3, -0.25) is 9.11 Å². The van der Waals surface area contributed by atoms with Crippen molar-refractivity contribution in [2.24, 2.45) is 0 Å². The van der Waals surface area contributed by atoms with Crippen LogP contribution in [0.15, 0.2) is 41.4 Å². The monoisotopic (exact) mass is 329 g/mol. The maximum atomic E-state index is 12.3. The highest BCUT2D eigenvalue weighted by Crippen LogP contribution is 2.19. The van der Waals surface area contributed by atoms with Crippen LogP contribution < -0.4 is 0 Å². The summed E-state index contributed by atoms with van der Waals surface area (Å²) in [6.45, 7) is 6.89. The van der Waals surface area contributed by atoms with Gasteiger partial charge < -0.3 is 0 Å². The molecular weight excluding hydrogens is 306 g/mol. The largest absolute Gasteiger partial charge is 0.296 e. The second-order valence-corrected chi connectivity index (χ2v) is 7.81. The Balaban J connectivity index is 1.61. The van der Waals surface area contributed by atoms with E-state index in [9.17, 15) is 4.21 Å². The van der Waals surface area contributed by atoms with Crippen LogP contribution in [0.3, 0.4) is 0 Å².